The number of aromatic nitrogens is 6. The molecular formula is C48H54N10O7. The first-order valence-electron chi connectivity index (χ1n) is 22.2. The van der Waals surface area contributed by atoms with Crippen molar-refractivity contribution >= 4 is 34.9 Å². The summed E-state index contributed by atoms with van der Waals surface area (Å²) >= 11 is 0. The van der Waals surface area contributed by atoms with Crippen LogP contribution >= 0.6 is 0 Å². The predicted molar refractivity (Wildman–Crippen MR) is 241 cm³/mol. The molecule has 338 valence electrons. The molecule has 5 N–H and O–H groups in total. The minimum atomic E-state index is -0.724. The van der Waals surface area contributed by atoms with E-state index >= 15 is 0 Å². The molecule has 9 rings (SSSR count). The topological polar surface area (TPSA) is 213 Å². The van der Waals surface area contributed by atoms with E-state index in [0.29, 0.717) is 30.5 Å². The number of ether oxygens (including phenoxy) is 3. The Kier molecular flexibility index (Phi) is 11.8. The molecule has 3 aliphatic rings. The van der Waals surface area contributed by atoms with Crippen LogP contribution < -0.4 is 15.4 Å². The highest BCUT2D eigenvalue weighted by molar-refractivity contribution is 5.96. The van der Waals surface area contributed by atoms with Gasteiger partial charge in [0.05, 0.1) is 55.8 Å². The molecule has 0 radical (unpaired) electrons. The Labute approximate surface area is 376 Å². The quantitative estimate of drug-likeness (QED) is 0.0861. The molecule has 65 heavy (non-hydrogen) atoms. The molecule has 2 saturated heterocycles. The Bertz CT molecular complexity index is 2740. The van der Waals surface area contributed by atoms with Crippen LogP contribution in [0.5, 0.6) is 5.75 Å². The number of methoxy groups -OCH3 is 2. The van der Waals surface area contributed by atoms with Crippen LogP contribution in [0, 0.1) is 11.8 Å². The first kappa shape index (κ1) is 43.1. The number of carbonyl (C=O) groups is 4. The largest absolute Gasteiger partial charge is 0.480 e. The van der Waals surface area contributed by atoms with Gasteiger partial charge in [-0.05, 0) is 73.9 Å². The number of benzene rings is 2. The molecular weight excluding hydrogens is 829 g/mol. The van der Waals surface area contributed by atoms with E-state index in [9.17, 15) is 19.2 Å². The van der Waals surface area contributed by atoms with Crippen LogP contribution in [-0.4, -0.2) is 103 Å². The second-order valence-electron chi connectivity index (χ2n) is 17.6. The minimum absolute atomic E-state index is 0.135. The average Bonchev–Trinajstić information content (AvgIpc) is 4.18. The van der Waals surface area contributed by atoms with Gasteiger partial charge in [-0.1, -0.05) is 39.8 Å². The molecule has 3 aliphatic heterocycles. The van der Waals surface area contributed by atoms with E-state index in [2.05, 4.69) is 48.8 Å². The number of fused-ring (bicyclic) bond motifs is 5. The van der Waals surface area contributed by atoms with E-state index in [1.807, 2.05) is 69.1 Å². The van der Waals surface area contributed by atoms with Gasteiger partial charge in [0.15, 0.2) is 6.10 Å². The highest BCUT2D eigenvalue weighted by atomic mass is 16.5. The Hall–Kier alpha value is -7.17. The fourth-order valence-electron chi connectivity index (χ4n) is 9.51. The summed E-state index contributed by atoms with van der Waals surface area (Å²) in [6, 6.07) is 14.3. The van der Waals surface area contributed by atoms with Crippen molar-refractivity contribution in [2.45, 2.75) is 83.6 Å². The third kappa shape index (κ3) is 8.15. The zero-order chi connectivity index (χ0) is 45.5. The standard InChI is InChI=1S/C48H54N10O7/c1-25(2)39(55-47(61)63-5)45(59)57-19-7-9-35(57)43-50-23-33(53-43)28-12-14-32-31(21-28)38-41(52-32)30-13-11-29(22-37(30)65-42(38)27-15-17-49-18-16-27)34-24-51-44(54-34)36-10-8-20-58(36)46(60)40(26(3)4)56-48(62)64-6/h11-18,21-26,35-36,39-40,42,52H,7-10,19-20H2,1-6H3,(H,50,53)(H,51,54)(H,55,61)(H,56,62)/t35-,36-,39-,40-,42?/m0/s1. The molecule has 17 heteroatoms. The van der Waals surface area contributed by atoms with Gasteiger partial charge in [0.1, 0.15) is 29.5 Å². The number of hydrogen-bond acceptors (Lipinski definition) is 10. The fraction of sp³-hybridized carbons (Fsp3) is 0.396. The lowest BCUT2D eigenvalue weighted by Crippen LogP contribution is -2.51. The molecule has 0 spiro atoms. The molecule has 7 heterocycles. The van der Waals surface area contributed by atoms with Crippen LogP contribution in [0.25, 0.3) is 44.7 Å². The SMILES string of the molecule is COC(=O)N[C@H](C(=O)N1CCC[C@H]1c1ncc(-c2ccc3c(c2)OC(c2ccncc2)c2c-3[nH]c3ccc(-c4cnc([C@@H]5CCCN5C(=O)[C@@H](NC(=O)OC)C(C)C)[nH]4)cc23)[nH]1)C(C)C. The van der Waals surface area contributed by atoms with Crippen LogP contribution in [0.3, 0.4) is 0 Å². The van der Waals surface area contributed by atoms with Gasteiger partial charge < -0.3 is 49.6 Å². The number of pyridine rings is 1. The van der Waals surface area contributed by atoms with Crippen LogP contribution in [-0.2, 0) is 19.1 Å². The number of imidazole rings is 2. The van der Waals surface area contributed by atoms with Gasteiger partial charge in [0.2, 0.25) is 11.8 Å². The highest BCUT2D eigenvalue weighted by Crippen LogP contribution is 2.49. The molecule has 4 aromatic heterocycles. The molecule has 0 saturated carbocycles. The minimum Gasteiger partial charge on any atom is -0.480 e. The van der Waals surface area contributed by atoms with Gasteiger partial charge in [0, 0.05) is 64.2 Å². The Morgan fingerprint density at radius 2 is 1.26 bits per heavy atom. The number of nitrogens with one attached hydrogen (secondary N) is 5. The number of hydrogen-bond donors (Lipinski definition) is 5. The van der Waals surface area contributed by atoms with E-state index in [1.165, 1.54) is 14.2 Å². The number of alkyl carbamates (subject to hydrolysis) is 2. The van der Waals surface area contributed by atoms with E-state index in [-0.39, 0.29) is 35.7 Å². The van der Waals surface area contributed by atoms with Crippen molar-refractivity contribution in [2.24, 2.45) is 11.8 Å². The molecule has 1 unspecified atom stereocenters. The van der Waals surface area contributed by atoms with Gasteiger partial charge in [-0.3, -0.25) is 14.6 Å². The van der Waals surface area contributed by atoms with Crippen molar-refractivity contribution < 1.29 is 33.4 Å². The highest BCUT2D eigenvalue weighted by Gasteiger charge is 2.39. The number of rotatable bonds is 11. The Balaban J connectivity index is 1.01. The van der Waals surface area contributed by atoms with Crippen molar-refractivity contribution in [2.75, 3.05) is 27.3 Å². The summed E-state index contributed by atoms with van der Waals surface area (Å²) in [5.41, 5.74) is 8.13. The van der Waals surface area contributed by atoms with E-state index in [1.54, 1.807) is 23.5 Å². The van der Waals surface area contributed by atoms with Crippen LogP contribution in [0.2, 0.25) is 0 Å². The molecule has 0 aliphatic carbocycles. The Morgan fingerprint density at radius 1 is 0.723 bits per heavy atom. The fourth-order valence-corrected chi connectivity index (χ4v) is 9.51. The summed E-state index contributed by atoms with van der Waals surface area (Å²) in [6.07, 6.45) is 8.50. The molecule has 0 bridgehead atoms. The summed E-state index contributed by atoms with van der Waals surface area (Å²) in [7, 11) is 2.58. The number of amides is 4. The predicted octanol–water partition coefficient (Wildman–Crippen LogP) is 7.58. The van der Waals surface area contributed by atoms with Crippen molar-refractivity contribution in [3.05, 3.63) is 96.1 Å². The average molecular weight is 883 g/mol. The van der Waals surface area contributed by atoms with Gasteiger partial charge in [-0.15, -0.1) is 0 Å². The number of likely N-dealkylation sites (tertiary alicyclic amines) is 2. The van der Waals surface area contributed by atoms with E-state index in [0.717, 1.165) is 81.5 Å². The Morgan fingerprint density at radius 3 is 1.80 bits per heavy atom. The summed E-state index contributed by atoms with van der Waals surface area (Å²) in [5.74, 6) is 1.47. The smallest absolute Gasteiger partial charge is 0.407 e. The third-order valence-corrected chi connectivity index (χ3v) is 12.9. The number of aromatic amines is 3. The first-order valence-corrected chi connectivity index (χ1v) is 22.2. The first-order chi connectivity index (χ1) is 31.4. The van der Waals surface area contributed by atoms with Gasteiger partial charge in [-0.2, -0.15) is 0 Å². The van der Waals surface area contributed by atoms with Gasteiger partial charge in [0.25, 0.3) is 0 Å². The molecule has 6 aromatic rings. The van der Waals surface area contributed by atoms with Gasteiger partial charge in [-0.25, -0.2) is 19.6 Å². The maximum Gasteiger partial charge on any atom is 0.407 e. The second kappa shape index (κ2) is 17.8. The maximum absolute atomic E-state index is 13.8. The van der Waals surface area contributed by atoms with Gasteiger partial charge >= 0.3 is 12.2 Å². The summed E-state index contributed by atoms with van der Waals surface area (Å²) in [4.78, 5) is 80.0. The van der Waals surface area contributed by atoms with Crippen molar-refractivity contribution in [1.29, 1.82) is 0 Å². The lowest BCUT2D eigenvalue weighted by Gasteiger charge is -2.30. The zero-order valence-corrected chi connectivity index (χ0v) is 37.3. The van der Waals surface area contributed by atoms with Crippen molar-refractivity contribution in [3.63, 3.8) is 0 Å². The summed E-state index contributed by atoms with van der Waals surface area (Å²) in [6.45, 7) is 8.72. The zero-order valence-electron chi connectivity index (χ0n) is 37.3. The van der Waals surface area contributed by atoms with Crippen LogP contribution in [0.1, 0.15) is 94.3 Å². The summed E-state index contributed by atoms with van der Waals surface area (Å²) < 4.78 is 16.6. The van der Waals surface area contributed by atoms with Crippen LogP contribution in [0.4, 0.5) is 9.59 Å². The molecule has 2 fully saturated rings. The molecule has 5 atom stereocenters. The number of nitrogens with zero attached hydrogens (tertiary/aromatic N) is 5. The number of H-pyrrole nitrogens is 3. The van der Waals surface area contributed by atoms with Crippen molar-refractivity contribution in [3.8, 4) is 39.5 Å². The summed E-state index contributed by atoms with van der Waals surface area (Å²) in [5, 5.41) is 6.42. The second-order valence-corrected chi connectivity index (χ2v) is 17.6. The lowest BCUT2D eigenvalue weighted by atomic mass is 9.92. The van der Waals surface area contributed by atoms with Crippen LogP contribution in [0.15, 0.2) is 73.3 Å². The molecule has 17 nitrogen and oxygen atoms in total. The monoisotopic (exact) mass is 882 g/mol. The third-order valence-electron chi connectivity index (χ3n) is 12.9. The van der Waals surface area contributed by atoms with E-state index in [4.69, 9.17) is 24.2 Å². The molecule has 4 amide bonds. The molecule has 2 aromatic carbocycles. The maximum atomic E-state index is 13.8. The lowest BCUT2D eigenvalue weighted by molar-refractivity contribution is -0.136. The van der Waals surface area contributed by atoms with Crippen molar-refractivity contribution in [1.82, 2.24) is 50.3 Å². The normalized spacial score (nSPS) is 18.9. The number of carbonyl (C=O) groups excluding carboxylic acids is 4. The van der Waals surface area contributed by atoms with E-state index < -0.39 is 30.4 Å².